The van der Waals surface area contributed by atoms with Crippen molar-refractivity contribution in [1.82, 2.24) is 10.3 Å². The van der Waals surface area contributed by atoms with Gasteiger partial charge in [0, 0.05) is 30.3 Å². The van der Waals surface area contributed by atoms with Gasteiger partial charge in [-0.15, -0.1) is 0 Å². The van der Waals surface area contributed by atoms with Gasteiger partial charge in [0.05, 0.1) is 6.61 Å². The van der Waals surface area contributed by atoms with Gasteiger partial charge >= 0.3 is 0 Å². The van der Waals surface area contributed by atoms with Crippen LogP contribution < -0.4 is 20.3 Å². The van der Waals surface area contributed by atoms with Crippen molar-refractivity contribution in [3.05, 3.63) is 48.2 Å². The molecule has 178 valence electrons. The van der Waals surface area contributed by atoms with Crippen LogP contribution in [0.1, 0.15) is 52.5 Å². The maximum absolute atomic E-state index is 13.1. The predicted octanol–water partition coefficient (Wildman–Crippen LogP) is 3.85. The summed E-state index contributed by atoms with van der Waals surface area (Å²) in [6.07, 6.45) is 2.29. The zero-order valence-corrected chi connectivity index (χ0v) is 20.1. The summed E-state index contributed by atoms with van der Waals surface area (Å²) in [6.45, 7) is 10.0. The van der Waals surface area contributed by atoms with E-state index in [1.54, 1.807) is 36.5 Å². The Kier molecular flexibility index (Phi) is 9.39. The van der Waals surface area contributed by atoms with Gasteiger partial charge in [-0.1, -0.05) is 6.92 Å². The van der Waals surface area contributed by atoms with Crippen LogP contribution in [-0.2, 0) is 14.4 Å². The lowest BCUT2D eigenvalue weighted by molar-refractivity contribution is -0.125. The molecule has 0 saturated heterocycles. The summed E-state index contributed by atoms with van der Waals surface area (Å²) in [7, 11) is 0. The zero-order chi connectivity index (χ0) is 24.4. The Morgan fingerprint density at radius 2 is 1.73 bits per heavy atom. The van der Waals surface area contributed by atoms with E-state index in [9.17, 15) is 14.4 Å². The van der Waals surface area contributed by atoms with Gasteiger partial charge in [0.25, 0.3) is 0 Å². The minimum atomic E-state index is -0.384. The van der Waals surface area contributed by atoms with Gasteiger partial charge in [-0.2, -0.15) is 0 Å². The lowest BCUT2D eigenvalue weighted by atomic mass is 10.0. The van der Waals surface area contributed by atoms with E-state index >= 15 is 0 Å². The van der Waals surface area contributed by atoms with E-state index in [4.69, 9.17) is 4.74 Å². The summed E-state index contributed by atoms with van der Waals surface area (Å²) < 4.78 is 5.46. The van der Waals surface area contributed by atoms with Crippen LogP contribution in [0.2, 0.25) is 0 Å². The molecule has 0 saturated carbocycles. The quantitative estimate of drug-likeness (QED) is 0.537. The molecule has 0 bridgehead atoms. The first-order valence-electron chi connectivity index (χ1n) is 11.2. The maximum Gasteiger partial charge on any atom is 0.240 e. The first kappa shape index (κ1) is 25.8. The second kappa shape index (κ2) is 12.0. The highest BCUT2D eigenvalue weighted by molar-refractivity contribution is 6.01. The largest absolute Gasteiger partial charge is 0.494 e. The summed E-state index contributed by atoms with van der Waals surface area (Å²) >= 11 is 0. The van der Waals surface area contributed by atoms with Crippen molar-refractivity contribution < 1.29 is 19.1 Å². The molecule has 0 aliphatic rings. The molecule has 2 aromatic rings. The molecule has 8 heteroatoms. The Morgan fingerprint density at radius 1 is 1.03 bits per heavy atom. The highest BCUT2D eigenvalue weighted by Crippen LogP contribution is 2.21. The Morgan fingerprint density at radius 3 is 2.33 bits per heavy atom. The first-order chi connectivity index (χ1) is 15.6. The van der Waals surface area contributed by atoms with Crippen LogP contribution in [0.25, 0.3) is 0 Å². The second-order valence-corrected chi connectivity index (χ2v) is 8.46. The average molecular weight is 455 g/mol. The molecule has 1 aromatic heterocycles. The van der Waals surface area contributed by atoms with E-state index in [1.807, 2.05) is 40.7 Å². The zero-order valence-electron chi connectivity index (χ0n) is 20.1. The van der Waals surface area contributed by atoms with Crippen molar-refractivity contribution in [2.24, 2.45) is 0 Å². The predicted molar refractivity (Wildman–Crippen MR) is 129 cm³/mol. The van der Waals surface area contributed by atoms with Crippen LogP contribution in [0.3, 0.4) is 0 Å². The van der Waals surface area contributed by atoms with Gasteiger partial charge in [-0.3, -0.25) is 14.4 Å². The molecule has 0 radical (unpaired) electrons. The lowest BCUT2D eigenvalue weighted by Crippen LogP contribution is -2.48. The molecule has 1 heterocycles. The summed E-state index contributed by atoms with van der Waals surface area (Å²) in [4.78, 5) is 43.6. The topological polar surface area (TPSA) is 101 Å². The van der Waals surface area contributed by atoms with Crippen molar-refractivity contribution >= 4 is 29.2 Å². The molecule has 0 aliphatic carbocycles. The average Bonchev–Trinajstić information content (AvgIpc) is 2.76. The van der Waals surface area contributed by atoms with E-state index in [0.29, 0.717) is 23.9 Å². The Labute approximate surface area is 195 Å². The monoisotopic (exact) mass is 454 g/mol. The molecule has 1 aromatic carbocycles. The van der Waals surface area contributed by atoms with Crippen molar-refractivity contribution in [2.45, 2.75) is 59.4 Å². The third-order valence-corrected chi connectivity index (χ3v) is 5.17. The van der Waals surface area contributed by atoms with Crippen LogP contribution >= 0.6 is 0 Å². The third-order valence-electron chi connectivity index (χ3n) is 5.17. The fraction of sp³-hybridized carbons (Fsp3) is 0.440. The molecule has 8 nitrogen and oxygen atoms in total. The van der Waals surface area contributed by atoms with E-state index in [-0.39, 0.29) is 42.6 Å². The number of rotatable bonds is 11. The van der Waals surface area contributed by atoms with Gasteiger partial charge in [0.1, 0.15) is 18.1 Å². The Bertz CT molecular complexity index is 957. The van der Waals surface area contributed by atoms with Crippen molar-refractivity contribution in [3.8, 4) is 5.75 Å². The summed E-state index contributed by atoms with van der Waals surface area (Å²) in [6, 6.07) is 10.6. The number of pyridine rings is 1. The van der Waals surface area contributed by atoms with Crippen LogP contribution in [0, 0.1) is 6.92 Å². The van der Waals surface area contributed by atoms with Gasteiger partial charge in [0.2, 0.25) is 17.7 Å². The van der Waals surface area contributed by atoms with Gasteiger partial charge in [-0.05, 0) is 76.1 Å². The molecular weight excluding hydrogens is 420 g/mol. The van der Waals surface area contributed by atoms with Gasteiger partial charge in [0.15, 0.2) is 0 Å². The molecule has 0 spiro atoms. The molecular formula is C25H34N4O4. The summed E-state index contributed by atoms with van der Waals surface area (Å²) in [5, 5.41) is 5.65. The molecule has 0 atom stereocenters. The molecule has 0 unspecified atom stereocenters. The smallest absolute Gasteiger partial charge is 0.240 e. The van der Waals surface area contributed by atoms with Crippen LogP contribution in [0.15, 0.2) is 42.6 Å². The van der Waals surface area contributed by atoms with Crippen molar-refractivity contribution in [1.29, 1.82) is 0 Å². The SMILES string of the molecule is CCOc1ccc(N(CC(=O)NC(C)(C)CC)C(=O)CCC(=O)Nc2cc(C)ccn2)cc1. The number of nitrogens with one attached hydrogen (secondary N) is 2. The van der Waals surface area contributed by atoms with Crippen LogP contribution in [0.5, 0.6) is 5.75 Å². The van der Waals surface area contributed by atoms with Gasteiger partial charge in [-0.25, -0.2) is 4.98 Å². The summed E-state index contributed by atoms with van der Waals surface area (Å²) in [5.74, 6) is 0.213. The number of aryl methyl sites for hydroxylation is 1. The fourth-order valence-electron chi connectivity index (χ4n) is 3.03. The van der Waals surface area contributed by atoms with E-state index in [2.05, 4.69) is 15.6 Å². The number of ether oxygens (including phenoxy) is 1. The van der Waals surface area contributed by atoms with Gasteiger partial charge < -0.3 is 20.3 Å². The van der Waals surface area contributed by atoms with Crippen LogP contribution in [0.4, 0.5) is 11.5 Å². The van der Waals surface area contributed by atoms with E-state index in [0.717, 1.165) is 12.0 Å². The molecule has 33 heavy (non-hydrogen) atoms. The van der Waals surface area contributed by atoms with Crippen LogP contribution in [-0.4, -0.2) is 41.4 Å². The number of carbonyl (C=O) groups excluding carboxylic acids is 3. The number of carbonyl (C=O) groups is 3. The highest BCUT2D eigenvalue weighted by atomic mass is 16.5. The Balaban J connectivity index is 2.09. The number of benzene rings is 1. The Hall–Kier alpha value is -3.42. The maximum atomic E-state index is 13.1. The van der Waals surface area contributed by atoms with Crippen molar-refractivity contribution in [2.75, 3.05) is 23.4 Å². The third kappa shape index (κ3) is 8.56. The van der Waals surface area contributed by atoms with E-state index in [1.165, 1.54) is 4.90 Å². The summed E-state index contributed by atoms with van der Waals surface area (Å²) in [5.41, 5.74) is 1.15. The molecule has 3 amide bonds. The molecule has 0 aliphatic heterocycles. The molecule has 2 N–H and O–H groups in total. The minimum Gasteiger partial charge on any atom is -0.494 e. The highest BCUT2D eigenvalue weighted by Gasteiger charge is 2.24. The normalized spacial score (nSPS) is 10.9. The number of amides is 3. The van der Waals surface area contributed by atoms with E-state index < -0.39 is 0 Å². The fourth-order valence-corrected chi connectivity index (χ4v) is 3.03. The number of hydrogen-bond acceptors (Lipinski definition) is 5. The number of anilines is 2. The molecule has 2 rings (SSSR count). The number of hydrogen-bond donors (Lipinski definition) is 2. The molecule has 0 fully saturated rings. The van der Waals surface area contributed by atoms with Crippen molar-refractivity contribution in [3.63, 3.8) is 0 Å². The minimum absolute atomic E-state index is 0.0238. The standard InChI is InChI=1S/C25H34N4O4/c1-6-25(4,5)28-23(31)17-29(19-8-10-20(11-9-19)33-7-2)24(32)13-12-22(30)27-21-16-18(3)14-15-26-21/h8-11,14-16H,6-7,12-13,17H2,1-5H3,(H,28,31)(H,26,27,30). The second-order valence-electron chi connectivity index (χ2n) is 8.46. The number of aromatic nitrogens is 1. The number of nitrogens with zero attached hydrogens (tertiary/aromatic N) is 2. The lowest BCUT2D eigenvalue weighted by Gasteiger charge is -2.28. The first-order valence-corrected chi connectivity index (χ1v) is 11.2.